The second-order valence-corrected chi connectivity index (χ2v) is 4.52. The third kappa shape index (κ3) is 2.40. The summed E-state index contributed by atoms with van der Waals surface area (Å²) in [6, 6.07) is 16.3. The molecule has 0 radical (unpaired) electrons. The summed E-state index contributed by atoms with van der Waals surface area (Å²) in [5.41, 5.74) is 9.04. The highest BCUT2D eigenvalue weighted by Crippen LogP contribution is 2.19. The molecule has 3 aromatic rings. The van der Waals surface area contributed by atoms with Crippen LogP contribution in [0.25, 0.3) is 10.9 Å². The van der Waals surface area contributed by atoms with Crippen molar-refractivity contribution in [3.8, 4) is 0 Å². The molecule has 0 aliphatic heterocycles. The topological polar surface area (TPSA) is 38.9 Å². The minimum Gasteiger partial charge on any atom is -0.398 e. The number of benzene rings is 2. The first kappa shape index (κ1) is 11.7. The van der Waals surface area contributed by atoms with Crippen molar-refractivity contribution >= 4 is 16.6 Å². The van der Waals surface area contributed by atoms with Gasteiger partial charge in [0.05, 0.1) is 5.52 Å². The van der Waals surface area contributed by atoms with Gasteiger partial charge < -0.3 is 5.73 Å². The summed E-state index contributed by atoms with van der Waals surface area (Å²) < 4.78 is 13.2. The van der Waals surface area contributed by atoms with Crippen LogP contribution in [-0.4, -0.2) is 4.98 Å². The number of rotatable bonds is 2. The van der Waals surface area contributed by atoms with Gasteiger partial charge in [-0.25, -0.2) is 4.39 Å². The lowest BCUT2D eigenvalue weighted by molar-refractivity contribution is 0.626. The van der Waals surface area contributed by atoms with Gasteiger partial charge in [0, 0.05) is 23.2 Å². The number of aromatic nitrogens is 1. The number of fused-ring (bicyclic) bond motifs is 1. The molecule has 0 fully saturated rings. The summed E-state index contributed by atoms with van der Waals surface area (Å²) in [6.07, 6.45) is 0.536. The number of nitrogen functional groups attached to an aromatic ring is 1. The number of hydrogen-bond donors (Lipinski definition) is 1. The van der Waals surface area contributed by atoms with E-state index in [1.54, 1.807) is 6.07 Å². The van der Waals surface area contributed by atoms with E-state index >= 15 is 0 Å². The Labute approximate surface area is 110 Å². The molecule has 0 unspecified atom stereocenters. The van der Waals surface area contributed by atoms with E-state index in [4.69, 9.17) is 5.73 Å². The Morgan fingerprint density at radius 3 is 2.74 bits per heavy atom. The Morgan fingerprint density at radius 1 is 1.00 bits per heavy atom. The molecule has 1 aromatic heterocycles. The fraction of sp³-hybridized carbons (Fsp3) is 0.0625. The summed E-state index contributed by atoms with van der Waals surface area (Å²) in [5, 5.41) is 1.10. The molecular weight excluding hydrogens is 239 g/mol. The van der Waals surface area contributed by atoms with E-state index < -0.39 is 0 Å². The van der Waals surface area contributed by atoms with E-state index in [1.165, 1.54) is 12.1 Å². The minimum absolute atomic E-state index is 0.273. The Kier molecular flexibility index (Phi) is 2.88. The zero-order valence-electron chi connectivity index (χ0n) is 10.3. The fourth-order valence-electron chi connectivity index (χ4n) is 2.13. The predicted octanol–water partition coefficient (Wildman–Crippen LogP) is 3.55. The molecule has 3 rings (SSSR count). The average molecular weight is 252 g/mol. The van der Waals surface area contributed by atoms with E-state index in [-0.39, 0.29) is 5.82 Å². The van der Waals surface area contributed by atoms with Crippen molar-refractivity contribution in [2.45, 2.75) is 6.42 Å². The third-order valence-electron chi connectivity index (χ3n) is 3.13. The summed E-state index contributed by atoms with van der Waals surface area (Å²) in [6.45, 7) is 0. The van der Waals surface area contributed by atoms with Crippen molar-refractivity contribution in [2.24, 2.45) is 0 Å². The third-order valence-corrected chi connectivity index (χ3v) is 3.13. The molecule has 0 aliphatic rings. The number of para-hydroxylation sites is 1. The van der Waals surface area contributed by atoms with Crippen molar-refractivity contribution in [3.05, 3.63) is 71.7 Å². The zero-order valence-corrected chi connectivity index (χ0v) is 10.3. The zero-order chi connectivity index (χ0) is 13.2. The molecule has 0 aliphatic carbocycles. The fourth-order valence-corrected chi connectivity index (χ4v) is 2.13. The summed E-state index contributed by atoms with van der Waals surface area (Å²) in [4.78, 5) is 4.56. The summed E-state index contributed by atoms with van der Waals surface area (Å²) >= 11 is 0. The Morgan fingerprint density at radius 2 is 1.84 bits per heavy atom. The molecule has 2 aromatic carbocycles. The van der Waals surface area contributed by atoms with Crippen LogP contribution < -0.4 is 5.73 Å². The van der Waals surface area contributed by atoms with Crippen molar-refractivity contribution in [1.82, 2.24) is 4.98 Å². The second-order valence-electron chi connectivity index (χ2n) is 4.52. The van der Waals surface area contributed by atoms with Gasteiger partial charge in [-0.05, 0) is 35.9 Å². The lowest BCUT2D eigenvalue weighted by Gasteiger charge is -2.06. The molecule has 0 amide bonds. The molecule has 0 saturated carbocycles. The normalized spacial score (nSPS) is 10.8. The van der Waals surface area contributed by atoms with Crippen LogP contribution in [-0.2, 0) is 6.42 Å². The summed E-state index contributed by atoms with van der Waals surface area (Å²) in [5.74, 6) is -0.273. The van der Waals surface area contributed by atoms with Crippen LogP contribution in [0.4, 0.5) is 10.1 Å². The number of pyridine rings is 1. The van der Waals surface area contributed by atoms with Crippen LogP contribution in [0.2, 0.25) is 0 Å². The first-order chi connectivity index (χ1) is 9.22. The van der Waals surface area contributed by atoms with Gasteiger partial charge in [0.15, 0.2) is 0 Å². The predicted molar refractivity (Wildman–Crippen MR) is 75.4 cm³/mol. The minimum atomic E-state index is -0.273. The van der Waals surface area contributed by atoms with Crippen LogP contribution >= 0.6 is 0 Å². The molecule has 0 atom stereocenters. The maximum absolute atomic E-state index is 13.2. The Balaban J connectivity index is 1.98. The summed E-state index contributed by atoms with van der Waals surface area (Å²) in [7, 11) is 0. The van der Waals surface area contributed by atoms with Crippen LogP contribution in [0.5, 0.6) is 0 Å². The van der Waals surface area contributed by atoms with Crippen LogP contribution in [0.3, 0.4) is 0 Å². The van der Waals surface area contributed by atoms with E-state index in [1.807, 2.05) is 36.4 Å². The van der Waals surface area contributed by atoms with E-state index in [0.29, 0.717) is 12.1 Å². The molecule has 2 N–H and O–H groups in total. The van der Waals surface area contributed by atoms with Crippen molar-refractivity contribution in [1.29, 1.82) is 0 Å². The maximum atomic E-state index is 13.2. The van der Waals surface area contributed by atoms with Gasteiger partial charge >= 0.3 is 0 Å². The van der Waals surface area contributed by atoms with Gasteiger partial charge in [0.25, 0.3) is 0 Å². The van der Waals surface area contributed by atoms with Crippen molar-refractivity contribution < 1.29 is 4.39 Å². The van der Waals surface area contributed by atoms with Gasteiger partial charge in [-0.2, -0.15) is 0 Å². The monoisotopic (exact) mass is 252 g/mol. The number of halogens is 1. The Hall–Kier alpha value is -2.42. The van der Waals surface area contributed by atoms with Gasteiger partial charge in [-0.15, -0.1) is 0 Å². The van der Waals surface area contributed by atoms with Crippen molar-refractivity contribution in [2.75, 3.05) is 5.73 Å². The molecule has 0 bridgehead atoms. The van der Waals surface area contributed by atoms with Gasteiger partial charge in [0.1, 0.15) is 5.82 Å². The Bertz CT molecular complexity index is 738. The maximum Gasteiger partial charge on any atom is 0.123 e. The van der Waals surface area contributed by atoms with Crippen LogP contribution in [0.1, 0.15) is 11.3 Å². The number of hydrogen-bond acceptors (Lipinski definition) is 2. The van der Waals surface area contributed by atoms with Gasteiger partial charge in [-0.3, -0.25) is 4.98 Å². The van der Waals surface area contributed by atoms with Crippen LogP contribution in [0, 0.1) is 5.82 Å². The highest BCUT2D eigenvalue weighted by atomic mass is 19.1. The van der Waals surface area contributed by atoms with Gasteiger partial charge in [0.2, 0.25) is 0 Å². The largest absolute Gasteiger partial charge is 0.398 e. The lowest BCUT2D eigenvalue weighted by Crippen LogP contribution is -1.98. The van der Waals surface area contributed by atoms with E-state index in [9.17, 15) is 4.39 Å². The molecule has 3 heteroatoms. The second kappa shape index (κ2) is 4.69. The quantitative estimate of drug-likeness (QED) is 0.708. The SMILES string of the molecule is Nc1ccc(F)cc1Cc1ccc2ccccc2n1. The molecule has 94 valence electrons. The first-order valence-corrected chi connectivity index (χ1v) is 6.11. The lowest BCUT2D eigenvalue weighted by atomic mass is 10.1. The number of anilines is 1. The molecule has 2 nitrogen and oxygen atoms in total. The average Bonchev–Trinajstić information content (AvgIpc) is 2.43. The standard InChI is InChI=1S/C16H13FN2/c17-13-6-8-15(18)12(9-13)10-14-7-5-11-3-1-2-4-16(11)19-14/h1-9H,10,18H2. The highest BCUT2D eigenvalue weighted by molar-refractivity contribution is 5.78. The van der Waals surface area contributed by atoms with Gasteiger partial charge in [-0.1, -0.05) is 24.3 Å². The van der Waals surface area contributed by atoms with Crippen molar-refractivity contribution in [3.63, 3.8) is 0 Å². The molecule has 0 spiro atoms. The molecule has 0 saturated heterocycles. The molecule has 1 heterocycles. The van der Waals surface area contributed by atoms with E-state index in [0.717, 1.165) is 22.2 Å². The highest BCUT2D eigenvalue weighted by Gasteiger charge is 2.04. The first-order valence-electron chi connectivity index (χ1n) is 6.11. The molecular formula is C16H13FN2. The number of nitrogens with zero attached hydrogens (tertiary/aromatic N) is 1. The molecule has 19 heavy (non-hydrogen) atoms. The number of nitrogens with two attached hydrogens (primary N) is 1. The van der Waals surface area contributed by atoms with E-state index in [2.05, 4.69) is 4.98 Å². The van der Waals surface area contributed by atoms with Crippen LogP contribution in [0.15, 0.2) is 54.6 Å². The smallest absolute Gasteiger partial charge is 0.123 e.